The molecule has 214 valence electrons. The maximum atomic E-state index is 14.4. The molecule has 0 spiro atoms. The highest BCUT2D eigenvalue weighted by Crippen LogP contribution is 2.39. The predicted octanol–water partition coefficient (Wildman–Crippen LogP) is 5.59. The zero-order chi connectivity index (χ0) is 29.3. The van der Waals surface area contributed by atoms with Gasteiger partial charge >= 0.3 is 0 Å². The molecule has 0 radical (unpaired) electrons. The maximum absolute atomic E-state index is 14.4. The van der Waals surface area contributed by atoms with E-state index in [9.17, 15) is 31.9 Å². The Balaban J connectivity index is 1.52. The van der Waals surface area contributed by atoms with E-state index in [0.717, 1.165) is 23.1 Å². The van der Waals surface area contributed by atoms with Crippen molar-refractivity contribution in [1.29, 1.82) is 0 Å². The van der Waals surface area contributed by atoms with Crippen molar-refractivity contribution >= 4 is 40.8 Å². The van der Waals surface area contributed by atoms with Crippen LogP contribution in [-0.4, -0.2) is 40.7 Å². The summed E-state index contributed by atoms with van der Waals surface area (Å²) in [6.45, 7) is 0. The van der Waals surface area contributed by atoms with Crippen LogP contribution < -0.4 is 15.1 Å². The van der Waals surface area contributed by atoms with E-state index in [1.165, 1.54) is 41.4 Å². The topological polar surface area (TPSA) is 82.6 Å². The van der Waals surface area contributed by atoms with Gasteiger partial charge in [-0.3, -0.25) is 24.2 Å². The zero-order valence-corrected chi connectivity index (χ0v) is 22.3. The van der Waals surface area contributed by atoms with Crippen LogP contribution in [0.3, 0.4) is 0 Å². The molecule has 1 saturated heterocycles. The lowest BCUT2D eigenvalue weighted by Crippen LogP contribution is -2.54. The van der Waals surface area contributed by atoms with Gasteiger partial charge in [0.05, 0.1) is 0 Å². The first-order valence-electron chi connectivity index (χ1n) is 13.0. The molecule has 2 fully saturated rings. The molecular weight excluding hydrogens is 564 g/mol. The lowest BCUT2D eigenvalue weighted by molar-refractivity contribution is -0.133. The number of carbonyl (C=O) groups excluding carboxylic acids is 3. The third kappa shape index (κ3) is 6.19. The first-order valence-corrected chi connectivity index (χ1v) is 13.3. The Morgan fingerprint density at radius 2 is 1.80 bits per heavy atom. The van der Waals surface area contributed by atoms with Crippen LogP contribution in [0.4, 0.5) is 29.1 Å². The predicted molar refractivity (Wildman–Crippen MR) is 144 cm³/mol. The number of aromatic nitrogens is 1. The first-order chi connectivity index (χ1) is 19.5. The second-order valence-corrected chi connectivity index (χ2v) is 10.5. The molecule has 2 aromatic carbocycles. The van der Waals surface area contributed by atoms with Crippen LogP contribution in [0.5, 0.6) is 0 Å². The highest BCUT2D eigenvalue weighted by Gasteiger charge is 2.47. The number of alkyl halides is 2. The van der Waals surface area contributed by atoms with Crippen molar-refractivity contribution in [2.75, 3.05) is 9.80 Å². The fourth-order valence-electron chi connectivity index (χ4n) is 5.28. The van der Waals surface area contributed by atoms with E-state index in [4.69, 9.17) is 11.6 Å². The first kappa shape index (κ1) is 28.5. The standard InChI is InChI=1S/C29H25ClF4N4O3/c30-23-7-2-1-6-22(23)27(28(41)36-19-15-29(33,34)16-19)38(20-5-3-4-17(31)12-20)26(40)14-21-8-9-25(39)37(21)24-13-18(32)10-11-35-24/h1-7,10-13,19,21,27H,8-9,14-16H2,(H,36,41)/t21-,27-/m0/s1. The third-order valence-electron chi connectivity index (χ3n) is 7.19. The third-order valence-corrected chi connectivity index (χ3v) is 7.53. The van der Waals surface area contributed by atoms with Crippen molar-refractivity contribution in [3.05, 3.63) is 89.1 Å². The molecule has 3 amide bonds. The number of benzene rings is 2. The zero-order valence-electron chi connectivity index (χ0n) is 21.6. The van der Waals surface area contributed by atoms with E-state index < -0.39 is 60.3 Å². The molecule has 5 rings (SSSR count). The summed E-state index contributed by atoms with van der Waals surface area (Å²) >= 11 is 6.46. The van der Waals surface area contributed by atoms with Gasteiger partial charge in [0.25, 0.3) is 5.92 Å². The highest BCUT2D eigenvalue weighted by atomic mass is 35.5. The summed E-state index contributed by atoms with van der Waals surface area (Å²) in [5.41, 5.74) is 0.218. The van der Waals surface area contributed by atoms with Crippen molar-refractivity contribution in [2.24, 2.45) is 0 Å². The maximum Gasteiger partial charge on any atom is 0.252 e. The van der Waals surface area contributed by atoms with E-state index in [2.05, 4.69) is 10.3 Å². The van der Waals surface area contributed by atoms with Gasteiger partial charge in [-0.2, -0.15) is 0 Å². The van der Waals surface area contributed by atoms with Gasteiger partial charge in [0.15, 0.2) is 0 Å². The summed E-state index contributed by atoms with van der Waals surface area (Å²) in [4.78, 5) is 46.9. The Kier molecular flexibility index (Phi) is 7.99. The molecule has 2 heterocycles. The van der Waals surface area contributed by atoms with Crippen molar-refractivity contribution in [3.8, 4) is 0 Å². The van der Waals surface area contributed by atoms with Crippen molar-refractivity contribution in [3.63, 3.8) is 0 Å². The van der Waals surface area contributed by atoms with Gasteiger partial charge in [0, 0.05) is 66.3 Å². The summed E-state index contributed by atoms with van der Waals surface area (Å²) < 4.78 is 55.5. The molecule has 1 aliphatic heterocycles. The minimum absolute atomic E-state index is 0.0220. The fraction of sp³-hybridized carbons (Fsp3) is 0.310. The number of carbonyl (C=O) groups is 3. The lowest BCUT2D eigenvalue weighted by atomic mass is 9.87. The largest absolute Gasteiger partial charge is 0.351 e. The molecule has 2 atom stereocenters. The molecule has 0 unspecified atom stereocenters. The van der Waals surface area contributed by atoms with Gasteiger partial charge in [0.1, 0.15) is 23.5 Å². The molecule has 0 bridgehead atoms. The average Bonchev–Trinajstić information content (AvgIpc) is 3.26. The number of nitrogens with zero attached hydrogens (tertiary/aromatic N) is 3. The van der Waals surface area contributed by atoms with Crippen LogP contribution in [0.1, 0.15) is 43.7 Å². The number of rotatable bonds is 8. The van der Waals surface area contributed by atoms with E-state index in [-0.39, 0.29) is 47.3 Å². The van der Waals surface area contributed by atoms with Crippen LogP contribution in [-0.2, 0) is 14.4 Å². The summed E-state index contributed by atoms with van der Waals surface area (Å²) in [6.07, 6.45) is 0.107. The number of hydrogen-bond acceptors (Lipinski definition) is 4. The Labute approximate surface area is 238 Å². The van der Waals surface area contributed by atoms with Gasteiger partial charge in [0.2, 0.25) is 17.7 Å². The van der Waals surface area contributed by atoms with Crippen LogP contribution in [0.15, 0.2) is 66.9 Å². The minimum Gasteiger partial charge on any atom is -0.351 e. The quantitative estimate of drug-likeness (QED) is 0.348. The molecule has 2 aliphatic rings. The van der Waals surface area contributed by atoms with E-state index in [1.54, 1.807) is 12.1 Å². The summed E-state index contributed by atoms with van der Waals surface area (Å²) in [6, 6.07) is 10.5. The molecular formula is C29H25ClF4N4O3. The second kappa shape index (κ2) is 11.5. The number of halogens is 5. The highest BCUT2D eigenvalue weighted by molar-refractivity contribution is 6.31. The Morgan fingerprint density at radius 1 is 1.07 bits per heavy atom. The molecule has 12 heteroatoms. The summed E-state index contributed by atoms with van der Waals surface area (Å²) in [5.74, 6) is -5.96. The van der Waals surface area contributed by atoms with Gasteiger partial charge in [-0.05, 0) is 36.8 Å². The lowest BCUT2D eigenvalue weighted by Gasteiger charge is -2.38. The Morgan fingerprint density at radius 3 is 2.49 bits per heavy atom. The molecule has 41 heavy (non-hydrogen) atoms. The Hall–Kier alpha value is -3.99. The van der Waals surface area contributed by atoms with Gasteiger partial charge in [-0.25, -0.2) is 22.5 Å². The monoisotopic (exact) mass is 588 g/mol. The molecule has 7 nitrogen and oxygen atoms in total. The molecule has 1 saturated carbocycles. The van der Waals surface area contributed by atoms with Gasteiger partial charge in [-0.1, -0.05) is 35.9 Å². The van der Waals surface area contributed by atoms with Crippen LogP contribution >= 0.6 is 11.6 Å². The van der Waals surface area contributed by atoms with Crippen molar-refractivity contribution in [1.82, 2.24) is 10.3 Å². The smallest absolute Gasteiger partial charge is 0.252 e. The number of amides is 3. The summed E-state index contributed by atoms with van der Waals surface area (Å²) in [7, 11) is 0. The van der Waals surface area contributed by atoms with Crippen LogP contribution in [0.2, 0.25) is 5.02 Å². The number of hydrogen-bond donors (Lipinski definition) is 1. The van der Waals surface area contributed by atoms with Crippen molar-refractivity contribution in [2.45, 2.75) is 56.2 Å². The average molecular weight is 589 g/mol. The fourth-order valence-corrected chi connectivity index (χ4v) is 5.52. The SMILES string of the molecule is O=C(NC1CC(F)(F)C1)[C@H](c1ccccc1Cl)N(C(=O)C[C@@H]1CCC(=O)N1c1cc(F)ccn1)c1cccc(F)c1. The van der Waals surface area contributed by atoms with Gasteiger partial charge in [-0.15, -0.1) is 0 Å². The van der Waals surface area contributed by atoms with Crippen LogP contribution in [0, 0.1) is 11.6 Å². The molecule has 1 aromatic heterocycles. The summed E-state index contributed by atoms with van der Waals surface area (Å²) in [5, 5.41) is 2.70. The van der Waals surface area contributed by atoms with Gasteiger partial charge < -0.3 is 5.32 Å². The normalized spacial score (nSPS) is 19.0. The van der Waals surface area contributed by atoms with Crippen LogP contribution in [0.25, 0.3) is 0 Å². The second-order valence-electron chi connectivity index (χ2n) is 10.1. The Bertz CT molecular complexity index is 1480. The molecule has 1 N–H and O–H groups in total. The molecule has 1 aliphatic carbocycles. The number of nitrogens with one attached hydrogen (secondary N) is 1. The van der Waals surface area contributed by atoms with E-state index in [1.807, 2.05) is 0 Å². The minimum atomic E-state index is -2.90. The molecule has 3 aromatic rings. The number of anilines is 2. The number of pyridine rings is 1. The van der Waals surface area contributed by atoms with Crippen molar-refractivity contribution < 1.29 is 31.9 Å². The van der Waals surface area contributed by atoms with E-state index >= 15 is 0 Å². The van der Waals surface area contributed by atoms with E-state index in [0.29, 0.717) is 0 Å².